The van der Waals surface area contributed by atoms with Gasteiger partial charge in [-0.25, -0.2) is 0 Å². The van der Waals surface area contributed by atoms with E-state index in [9.17, 15) is 0 Å². The van der Waals surface area contributed by atoms with Crippen molar-refractivity contribution in [3.63, 3.8) is 0 Å². The molecule has 0 saturated heterocycles. The molecular weight excluding hydrogens is 190 g/mol. The van der Waals surface area contributed by atoms with E-state index >= 15 is 0 Å². The van der Waals surface area contributed by atoms with Crippen LogP contribution in [0.2, 0.25) is 0 Å². The molecule has 0 unspecified atom stereocenters. The molecule has 2 rings (SSSR count). The van der Waals surface area contributed by atoms with Crippen LogP contribution in [-0.4, -0.2) is 28.0 Å². The van der Waals surface area contributed by atoms with E-state index in [0.29, 0.717) is 6.54 Å². The maximum Gasteiger partial charge on any atom is 0.0556 e. The average Bonchev–Trinajstić information content (AvgIpc) is 2.60. The molecule has 4 heteroatoms. The zero-order valence-corrected chi connectivity index (χ0v) is 9.02. The number of hydrogen-bond donors (Lipinski definition) is 2. The lowest BCUT2D eigenvalue weighted by atomic mass is 9.85. The summed E-state index contributed by atoms with van der Waals surface area (Å²) in [6.07, 6.45) is 8.11. The molecule has 1 fully saturated rings. The van der Waals surface area contributed by atoms with Gasteiger partial charge in [-0.05, 0) is 18.8 Å². The fraction of sp³-hybridized carbons (Fsp3) is 0.727. The van der Waals surface area contributed by atoms with Gasteiger partial charge in [-0.15, -0.1) is 0 Å². The van der Waals surface area contributed by atoms with E-state index in [1.54, 1.807) is 0 Å². The number of hydrogen-bond acceptors (Lipinski definition) is 3. The van der Waals surface area contributed by atoms with Gasteiger partial charge in [0.2, 0.25) is 0 Å². The second-order valence-corrected chi connectivity index (χ2v) is 4.27. The van der Waals surface area contributed by atoms with E-state index in [-0.39, 0.29) is 6.61 Å². The third kappa shape index (κ3) is 3.04. The van der Waals surface area contributed by atoms with E-state index in [1.165, 1.54) is 24.8 Å². The second kappa shape index (κ2) is 5.28. The van der Waals surface area contributed by atoms with Gasteiger partial charge < -0.3 is 10.4 Å². The highest BCUT2D eigenvalue weighted by atomic mass is 16.3. The van der Waals surface area contributed by atoms with Gasteiger partial charge in [-0.3, -0.25) is 4.68 Å². The summed E-state index contributed by atoms with van der Waals surface area (Å²) in [5.41, 5.74) is 1.20. The van der Waals surface area contributed by atoms with Crippen molar-refractivity contribution in [3.05, 3.63) is 18.0 Å². The van der Waals surface area contributed by atoms with Gasteiger partial charge in [0, 0.05) is 31.4 Å². The maximum atomic E-state index is 8.62. The van der Waals surface area contributed by atoms with Crippen molar-refractivity contribution in [2.75, 3.05) is 13.2 Å². The molecule has 0 atom stereocenters. The molecule has 0 aromatic carbocycles. The highest BCUT2D eigenvalue weighted by Crippen LogP contribution is 2.27. The normalized spacial score (nSPS) is 16.6. The Morgan fingerprint density at radius 1 is 1.53 bits per heavy atom. The number of aromatic nitrogens is 2. The first-order valence-electron chi connectivity index (χ1n) is 5.71. The summed E-state index contributed by atoms with van der Waals surface area (Å²) in [7, 11) is 0. The minimum absolute atomic E-state index is 0.191. The van der Waals surface area contributed by atoms with Crippen molar-refractivity contribution >= 4 is 0 Å². The SMILES string of the molecule is OCCNCc1cnn(CC2CCC2)c1. The Morgan fingerprint density at radius 2 is 2.40 bits per heavy atom. The molecule has 0 amide bonds. The van der Waals surface area contributed by atoms with E-state index in [2.05, 4.69) is 16.6 Å². The number of aliphatic hydroxyl groups excluding tert-OH is 1. The summed E-state index contributed by atoms with van der Waals surface area (Å²) in [5.74, 6) is 0.850. The highest BCUT2D eigenvalue weighted by Gasteiger charge is 2.17. The van der Waals surface area contributed by atoms with Crippen molar-refractivity contribution < 1.29 is 5.11 Å². The van der Waals surface area contributed by atoms with Gasteiger partial charge in [0.15, 0.2) is 0 Å². The van der Waals surface area contributed by atoms with E-state index in [0.717, 1.165) is 19.0 Å². The first-order chi connectivity index (χ1) is 7.38. The zero-order valence-electron chi connectivity index (χ0n) is 9.02. The number of nitrogens with zero attached hydrogens (tertiary/aromatic N) is 2. The molecule has 0 aliphatic heterocycles. The summed E-state index contributed by atoms with van der Waals surface area (Å²) in [5, 5.41) is 16.1. The fourth-order valence-electron chi connectivity index (χ4n) is 1.85. The predicted molar refractivity (Wildman–Crippen MR) is 58.4 cm³/mol. The summed E-state index contributed by atoms with van der Waals surface area (Å²) < 4.78 is 2.04. The Kier molecular flexibility index (Phi) is 3.75. The molecule has 1 saturated carbocycles. The molecular formula is C11H19N3O. The van der Waals surface area contributed by atoms with Crippen molar-refractivity contribution in [1.29, 1.82) is 0 Å². The van der Waals surface area contributed by atoms with Crippen LogP contribution in [0, 0.1) is 5.92 Å². The highest BCUT2D eigenvalue weighted by molar-refractivity contribution is 5.03. The fourth-order valence-corrected chi connectivity index (χ4v) is 1.85. The van der Waals surface area contributed by atoms with E-state index in [4.69, 9.17) is 5.11 Å². The van der Waals surface area contributed by atoms with Gasteiger partial charge in [-0.1, -0.05) is 6.42 Å². The largest absolute Gasteiger partial charge is 0.395 e. The quantitative estimate of drug-likeness (QED) is 0.680. The molecule has 1 aliphatic rings. The minimum Gasteiger partial charge on any atom is -0.395 e. The molecule has 0 spiro atoms. The van der Waals surface area contributed by atoms with Crippen LogP contribution in [0.1, 0.15) is 24.8 Å². The standard InChI is InChI=1S/C11H19N3O/c15-5-4-12-6-11-7-13-14(9-11)8-10-2-1-3-10/h7,9-10,12,15H,1-6,8H2. The number of aliphatic hydroxyl groups is 1. The maximum absolute atomic E-state index is 8.62. The summed E-state index contributed by atoms with van der Waals surface area (Å²) in [6, 6.07) is 0. The number of nitrogens with one attached hydrogen (secondary N) is 1. The Hall–Kier alpha value is -0.870. The van der Waals surface area contributed by atoms with Crippen LogP contribution in [0.25, 0.3) is 0 Å². The van der Waals surface area contributed by atoms with Gasteiger partial charge in [0.05, 0.1) is 12.8 Å². The van der Waals surface area contributed by atoms with Crippen molar-refractivity contribution in [2.45, 2.75) is 32.4 Å². The number of rotatable bonds is 6. The van der Waals surface area contributed by atoms with Gasteiger partial charge in [-0.2, -0.15) is 5.10 Å². The zero-order chi connectivity index (χ0) is 10.5. The Morgan fingerprint density at radius 3 is 3.07 bits per heavy atom. The van der Waals surface area contributed by atoms with Gasteiger partial charge in [0.25, 0.3) is 0 Å². The van der Waals surface area contributed by atoms with Crippen molar-refractivity contribution in [1.82, 2.24) is 15.1 Å². The van der Waals surface area contributed by atoms with Crippen LogP contribution in [0.15, 0.2) is 12.4 Å². The first-order valence-corrected chi connectivity index (χ1v) is 5.71. The third-order valence-electron chi connectivity index (χ3n) is 2.97. The summed E-state index contributed by atoms with van der Waals surface area (Å²) >= 11 is 0. The van der Waals surface area contributed by atoms with E-state index < -0.39 is 0 Å². The van der Waals surface area contributed by atoms with Crippen LogP contribution >= 0.6 is 0 Å². The van der Waals surface area contributed by atoms with Crippen molar-refractivity contribution in [3.8, 4) is 0 Å². The molecule has 1 aromatic heterocycles. The van der Waals surface area contributed by atoms with Crippen LogP contribution in [0.4, 0.5) is 0 Å². The molecule has 15 heavy (non-hydrogen) atoms. The molecule has 0 bridgehead atoms. The first kappa shape index (κ1) is 10.6. The molecule has 0 radical (unpaired) electrons. The lowest BCUT2D eigenvalue weighted by Gasteiger charge is -2.24. The summed E-state index contributed by atoms with van der Waals surface area (Å²) in [4.78, 5) is 0. The predicted octanol–water partition coefficient (Wildman–Crippen LogP) is 0.765. The summed E-state index contributed by atoms with van der Waals surface area (Å²) in [6.45, 7) is 2.70. The molecule has 4 nitrogen and oxygen atoms in total. The Labute approximate surface area is 90.3 Å². The molecule has 84 valence electrons. The molecule has 1 heterocycles. The minimum atomic E-state index is 0.191. The van der Waals surface area contributed by atoms with Crippen LogP contribution < -0.4 is 5.32 Å². The van der Waals surface area contributed by atoms with Crippen LogP contribution in [0.3, 0.4) is 0 Å². The van der Waals surface area contributed by atoms with Crippen LogP contribution in [-0.2, 0) is 13.1 Å². The lowest BCUT2D eigenvalue weighted by molar-refractivity contribution is 0.266. The van der Waals surface area contributed by atoms with Gasteiger partial charge in [0.1, 0.15) is 0 Å². The van der Waals surface area contributed by atoms with Crippen LogP contribution in [0.5, 0.6) is 0 Å². The van der Waals surface area contributed by atoms with Gasteiger partial charge >= 0.3 is 0 Å². The smallest absolute Gasteiger partial charge is 0.0556 e. The molecule has 2 N–H and O–H groups in total. The molecule has 1 aromatic rings. The second-order valence-electron chi connectivity index (χ2n) is 4.27. The van der Waals surface area contributed by atoms with E-state index in [1.807, 2.05) is 10.9 Å². The Balaban J connectivity index is 1.75. The Bertz CT molecular complexity index is 294. The average molecular weight is 209 g/mol. The monoisotopic (exact) mass is 209 g/mol. The third-order valence-corrected chi connectivity index (χ3v) is 2.97. The topological polar surface area (TPSA) is 50.1 Å². The lowest BCUT2D eigenvalue weighted by Crippen LogP contribution is -2.18. The van der Waals surface area contributed by atoms with Crippen molar-refractivity contribution in [2.24, 2.45) is 5.92 Å². The molecule has 1 aliphatic carbocycles.